The average molecular weight is 419 g/mol. The fourth-order valence-corrected chi connectivity index (χ4v) is 3.54. The van der Waals surface area contributed by atoms with Gasteiger partial charge in [-0.15, -0.1) is 0 Å². The molecule has 7 N–H and O–H groups in total. The third-order valence-electron chi connectivity index (χ3n) is 5.12. The van der Waals surface area contributed by atoms with E-state index in [-0.39, 0.29) is 17.6 Å². The number of aryl methyl sites for hydroxylation is 1. The summed E-state index contributed by atoms with van der Waals surface area (Å²) in [5.41, 5.74) is 16.1. The molecule has 1 aromatic heterocycles. The van der Waals surface area contributed by atoms with E-state index >= 15 is 0 Å². The molecule has 0 radical (unpaired) electrons. The molecular weight excluding hydrogens is 392 g/mol. The van der Waals surface area contributed by atoms with Gasteiger partial charge in [-0.05, 0) is 23.6 Å². The van der Waals surface area contributed by atoms with Crippen molar-refractivity contribution in [1.82, 2.24) is 9.55 Å². The first-order valence-electron chi connectivity index (χ1n) is 9.89. The van der Waals surface area contributed by atoms with Gasteiger partial charge in [-0.3, -0.25) is 15.6 Å². The Morgan fingerprint density at radius 3 is 2.35 bits per heavy atom. The van der Waals surface area contributed by atoms with Crippen molar-refractivity contribution in [3.63, 3.8) is 0 Å². The second-order valence-corrected chi connectivity index (χ2v) is 7.48. The van der Waals surface area contributed by atoms with Gasteiger partial charge in [0.15, 0.2) is 0 Å². The van der Waals surface area contributed by atoms with Crippen molar-refractivity contribution in [2.45, 2.75) is 26.3 Å². The Labute approximate surface area is 180 Å². The second kappa shape index (κ2) is 9.25. The van der Waals surface area contributed by atoms with Crippen molar-refractivity contribution in [2.24, 2.45) is 17.4 Å². The molecule has 0 amide bonds. The highest BCUT2D eigenvalue weighted by Crippen LogP contribution is 2.28. The zero-order chi connectivity index (χ0) is 22.5. The third-order valence-corrected chi connectivity index (χ3v) is 5.12. The van der Waals surface area contributed by atoms with E-state index in [1.165, 1.54) is 0 Å². The van der Waals surface area contributed by atoms with Gasteiger partial charge >= 0.3 is 0 Å². The van der Waals surface area contributed by atoms with Crippen molar-refractivity contribution in [2.75, 3.05) is 0 Å². The van der Waals surface area contributed by atoms with Crippen molar-refractivity contribution < 1.29 is 9.90 Å². The summed E-state index contributed by atoms with van der Waals surface area (Å²) >= 11 is 0. The standard InChI is InChI=1S/C21H22N6.C2H4O2/c22-20(23)14-6-4-13(5-7-14)15-2-1-3-16(10-15)18-12-27-11-17(21(24)25)8-9-19(27)26-18;1-2(3)4/h1-7,10,12,17H,8-9,11H2,(H3,22,23)(H3,24,25);1H3,(H,3,4). The van der Waals surface area contributed by atoms with Crippen LogP contribution in [0, 0.1) is 16.7 Å². The Morgan fingerprint density at radius 2 is 1.74 bits per heavy atom. The lowest BCUT2D eigenvalue weighted by molar-refractivity contribution is -0.134. The predicted molar refractivity (Wildman–Crippen MR) is 121 cm³/mol. The van der Waals surface area contributed by atoms with E-state index < -0.39 is 5.97 Å². The molecule has 1 aliphatic heterocycles. The molecule has 8 nitrogen and oxygen atoms in total. The lowest BCUT2D eigenvalue weighted by Gasteiger charge is -2.22. The number of benzene rings is 2. The lowest BCUT2D eigenvalue weighted by atomic mass is 9.99. The van der Waals surface area contributed by atoms with E-state index in [1.54, 1.807) is 0 Å². The first-order chi connectivity index (χ1) is 14.7. The zero-order valence-corrected chi connectivity index (χ0v) is 17.3. The van der Waals surface area contributed by atoms with Gasteiger partial charge in [-0.2, -0.15) is 0 Å². The first-order valence-corrected chi connectivity index (χ1v) is 9.89. The Bertz CT molecular complexity index is 1110. The van der Waals surface area contributed by atoms with E-state index in [0.29, 0.717) is 0 Å². The number of amidine groups is 2. The summed E-state index contributed by atoms with van der Waals surface area (Å²) in [6.07, 6.45) is 3.78. The van der Waals surface area contributed by atoms with Crippen molar-refractivity contribution in [3.05, 3.63) is 66.1 Å². The maximum absolute atomic E-state index is 9.00. The molecule has 0 spiro atoms. The number of hydrogen-bond acceptors (Lipinski definition) is 4. The van der Waals surface area contributed by atoms with Crippen molar-refractivity contribution >= 4 is 17.6 Å². The van der Waals surface area contributed by atoms with Crippen LogP contribution in [0.25, 0.3) is 22.4 Å². The van der Waals surface area contributed by atoms with E-state index in [9.17, 15) is 0 Å². The molecule has 160 valence electrons. The number of imidazole rings is 1. The highest BCUT2D eigenvalue weighted by atomic mass is 16.4. The van der Waals surface area contributed by atoms with Crippen LogP contribution in [0.1, 0.15) is 24.7 Å². The van der Waals surface area contributed by atoms with Gasteiger partial charge in [0.2, 0.25) is 0 Å². The summed E-state index contributed by atoms with van der Waals surface area (Å²) in [6, 6.07) is 16.0. The molecule has 1 unspecified atom stereocenters. The van der Waals surface area contributed by atoms with Gasteiger partial charge in [0.25, 0.3) is 5.97 Å². The van der Waals surface area contributed by atoms with E-state index in [1.807, 2.05) is 30.3 Å². The molecule has 8 heteroatoms. The third kappa shape index (κ3) is 5.36. The van der Waals surface area contributed by atoms with Crippen LogP contribution < -0.4 is 11.5 Å². The van der Waals surface area contributed by atoms with Crippen LogP contribution in [0.15, 0.2) is 54.7 Å². The molecule has 1 atom stereocenters. The summed E-state index contributed by atoms with van der Waals surface area (Å²) < 4.78 is 2.12. The molecule has 2 heterocycles. The molecule has 2 aromatic carbocycles. The van der Waals surface area contributed by atoms with E-state index in [2.05, 4.69) is 29.0 Å². The number of nitrogens with one attached hydrogen (secondary N) is 2. The SMILES string of the molecule is CC(=O)O.N=C(N)c1ccc(-c2cccc(-c3cn4c(n3)CCC(C(=N)N)C4)c2)cc1. The van der Waals surface area contributed by atoms with Gasteiger partial charge in [0, 0.05) is 43.1 Å². The van der Waals surface area contributed by atoms with Gasteiger partial charge in [0.1, 0.15) is 11.7 Å². The fourth-order valence-electron chi connectivity index (χ4n) is 3.54. The number of fused-ring (bicyclic) bond motifs is 1. The number of carboxylic acids is 1. The maximum atomic E-state index is 9.00. The second-order valence-electron chi connectivity index (χ2n) is 7.48. The maximum Gasteiger partial charge on any atom is 0.300 e. The minimum Gasteiger partial charge on any atom is -0.481 e. The number of nitrogen functional groups attached to an aromatic ring is 1. The van der Waals surface area contributed by atoms with Crippen LogP contribution in [-0.4, -0.2) is 32.3 Å². The Balaban J connectivity index is 0.000000628. The van der Waals surface area contributed by atoms with Gasteiger partial charge < -0.3 is 21.1 Å². The number of nitrogens with two attached hydrogens (primary N) is 2. The molecule has 0 saturated carbocycles. The number of rotatable bonds is 4. The molecule has 3 aromatic rings. The number of aliphatic carboxylic acids is 1. The Morgan fingerprint density at radius 1 is 1.10 bits per heavy atom. The van der Waals surface area contributed by atoms with Gasteiger partial charge in [-0.25, -0.2) is 4.98 Å². The number of hydrogen-bond donors (Lipinski definition) is 5. The fraction of sp³-hybridized carbons (Fsp3) is 0.217. The number of carboxylic acid groups (broad SMARTS) is 1. The van der Waals surface area contributed by atoms with Crippen LogP contribution >= 0.6 is 0 Å². The molecule has 1 aliphatic rings. The summed E-state index contributed by atoms with van der Waals surface area (Å²) in [6.45, 7) is 1.81. The van der Waals surface area contributed by atoms with Gasteiger partial charge in [0.05, 0.1) is 11.5 Å². The highest BCUT2D eigenvalue weighted by Gasteiger charge is 2.22. The zero-order valence-electron chi connectivity index (χ0n) is 17.3. The minimum atomic E-state index is -0.833. The first kappa shape index (κ1) is 21.8. The highest BCUT2D eigenvalue weighted by molar-refractivity contribution is 5.95. The number of carbonyl (C=O) groups is 1. The molecule has 0 aliphatic carbocycles. The van der Waals surface area contributed by atoms with Crippen molar-refractivity contribution in [3.8, 4) is 22.4 Å². The topological polar surface area (TPSA) is 155 Å². The summed E-state index contributed by atoms with van der Waals surface area (Å²) in [4.78, 5) is 13.8. The van der Waals surface area contributed by atoms with Crippen LogP contribution in [-0.2, 0) is 17.8 Å². The largest absolute Gasteiger partial charge is 0.481 e. The molecular formula is C23H26N6O2. The molecule has 0 fully saturated rings. The van der Waals surface area contributed by atoms with Gasteiger partial charge in [-0.1, -0.05) is 42.5 Å². The minimum absolute atomic E-state index is 0.0720. The van der Waals surface area contributed by atoms with Crippen molar-refractivity contribution in [1.29, 1.82) is 10.8 Å². The summed E-state index contributed by atoms with van der Waals surface area (Å²) in [7, 11) is 0. The van der Waals surface area contributed by atoms with Crippen LogP contribution in [0.3, 0.4) is 0 Å². The van der Waals surface area contributed by atoms with E-state index in [0.717, 1.165) is 60.1 Å². The lowest BCUT2D eigenvalue weighted by Crippen LogP contribution is -2.30. The van der Waals surface area contributed by atoms with Crippen LogP contribution in [0.5, 0.6) is 0 Å². The molecule has 0 saturated heterocycles. The molecule has 31 heavy (non-hydrogen) atoms. The number of nitrogens with zero attached hydrogens (tertiary/aromatic N) is 2. The average Bonchev–Trinajstić information content (AvgIpc) is 3.17. The molecule has 0 bridgehead atoms. The predicted octanol–water partition coefficient (Wildman–Crippen LogP) is 3.09. The smallest absolute Gasteiger partial charge is 0.300 e. The Hall–Kier alpha value is -3.94. The summed E-state index contributed by atoms with van der Waals surface area (Å²) in [5.74, 6) is 0.652. The summed E-state index contributed by atoms with van der Waals surface area (Å²) in [5, 5.41) is 22.6. The molecule has 4 rings (SSSR count). The van der Waals surface area contributed by atoms with E-state index in [4.69, 9.17) is 37.2 Å². The normalized spacial score (nSPS) is 14.7. The van der Waals surface area contributed by atoms with Crippen LogP contribution in [0.2, 0.25) is 0 Å². The van der Waals surface area contributed by atoms with Crippen LogP contribution in [0.4, 0.5) is 0 Å². The Kier molecular flexibility index (Phi) is 6.49. The monoisotopic (exact) mass is 418 g/mol. The number of aromatic nitrogens is 2. The quantitative estimate of drug-likeness (QED) is 0.325.